The van der Waals surface area contributed by atoms with Crippen molar-refractivity contribution in [3.8, 4) is 0 Å². The van der Waals surface area contributed by atoms with Crippen molar-refractivity contribution >= 4 is 41.0 Å². The molecule has 16 heteroatoms. The van der Waals surface area contributed by atoms with Gasteiger partial charge >= 0.3 is 0 Å². The maximum Gasteiger partial charge on any atom is 0.241 e. The topological polar surface area (TPSA) is 201 Å². The summed E-state index contributed by atoms with van der Waals surface area (Å²) in [5, 5.41) is 14.5. The molecular weight excluding hydrogens is 668 g/mol. The molecule has 0 fully saturated rings. The standard InChI is InChI=1S/C34H66N6O9S/c1-30(2,3)47-20-15-32(7,8)38-26(42)13-18-46-24-34(23-45-17-12-25(35)41,40-28(44)22-37-29(50)36-11)49-19-14-27(43)39-33(9,10)16-21-48-31(4,5)6/h12-24H2,1-11H3,(H2,35,41)(H,38,42)(H,39,43)(H,40,44)(H2,36,37,50). The molecule has 0 aliphatic heterocycles. The van der Waals surface area contributed by atoms with Crippen LogP contribution in [0.15, 0.2) is 0 Å². The van der Waals surface area contributed by atoms with E-state index in [1.54, 1.807) is 7.05 Å². The van der Waals surface area contributed by atoms with Gasteiger partial charge < -0.3 is 56.0 Å². The van der Waals surface area contributed by atoms with E-state index in [1.807, 2.05) is 69.2 Å². The SMILES string of the molecule is CNC(=S)NCC(=O)NC(COCCC(N)=O)(COCCC(=O)NC(C)(C)CCOC(C)(C)C)OCCC(=O)NC(C)(C)CCOC(C)(C)C. The maximum atomic E-state index is 13.0. The first-order valence-corrected chi connectivity index (χ1v) is 17.5. The summed E-state index contributed by atoms with van der Waals surface area (Å²) in [5.74, 6) is -1.57. The van der Waals surface area contributed by atoms with Gasteiger partial charge in [-0.25, -0.2) is 0 Å². The van der Waals surface area contributed by atoms with Gasteiger partial charge in [0.25, 0.3) is 0 Å². The van der Waals surface area contributed by atoms with Crippen molar-refractivity contribution in [2.45, 2.75) is 129 Å². The number of carbonyl (C=O) groups is 4. The van der Waals surface area contributed by atoms with E-state index in [0.717, 1.165) is 0 Å². The van der Waals surface area contributed by atoms with Crippen molar-refractivity contribution in [3.63, 3.8) is 0 Å². The lowest BCUT2D eigenvalue weighted by Crippen LogP contribution is -2.59. The van der Waals surface area contributed by atoms with Gasteiger partial charge in [0.1, 0.15) is 0 Å². The fourth-order valence-electron chi connectivity index (χ4n) is 4.16. The van der Waals surface area contributed by atoms with Crippen LogP contribution in [0, 0.1) is 0 Å². The Morgan fingerprint density at radius 2 is 1.04 bits per heavy atom. The number of primary amides is 1. The molecule has 4 amide bonds. The maximum absolute atomic E-state index is 13.0. The van der Waals surface area contributed by atoms with Crippen LogP contribution in [-0.4, -0.2) is 117 Å². The van der Waals surface area contributed by atoms with Crippen LogP contribution in [0.3, 0.4) is 0 Å². The number of hydrogen-bond donors (Lipinski definition) is 6. The van der Waals surface area contributed by atoms with Gasteiger partial charge in [0.2, 0.25) is 23.6 Å². The quantitative estimate of drug-likeness (QED) is 0.0452. The molecule has 0 aliphatic rings. The first kappa shape index (κ1) is 47.4. The second kappa shape index (κ2) is 22.3. The number of thiocarbonyl (C=S) groups is 1. The molecule has 7 N–H and O–H groups in total. The minimum absolute atomic E-state index is 0.00390. The first-order chi connectivity index (χ1) is 22.9. The molecule has 50 heavy (non-hydrogen) atoms. The molecule has 292 valence electrons. The molecule has 0 rings (SSSR count). The van der Waals surface area contributed by atoms with E-state index in [0.29, 0.717) is 26.1 Å². The highest BCUT2D eigenvalue weighted by molar-refractivity contribution is 7.80. The van der Waals surface area contributed by atoms with Crippen LogP contribution in [0.4, 0.5) is 0 Å². The number of nitrogens with two attached hydrogens (primary N) is 1. The molecule has 0 saturated carbocycles. The number of rotatable bonds is 25. The minimum atomic E-state index is -1.59. The Hall–Kier alpha value is -2.63. The second-order valence-electron chi connectivity index (χ2n) is 15.4. The summed E-state index contributed by atoms with van der Waals surface area (Å²) < 4.78 is 29.3. The summed E-state index contributed by atoms with van der Waals surface area (Å²) in [4.78, 5) is 50.0. The highest BCUT2D eigenvalue weighted by Gasteiger charge is 2.35. The summed E-state index contributed by atoms with van der Waals surface area (Å²) in [5.41, 5.74) is 2.06. The first-order valence-electron chi connectivity index (χ1n) is 17.1. The summed E-state index contributed by atoms with van der Waals surface area (Å²) in [6.45, 7) is 19.6. The largest absolute Gasteiger partial charge is 0.376 e. The lowest BCUT2D eigenvalue weighted by Gasteiger charge is -2.35. The average molecular weight is 735 g/mol. The fourth-order valence-corrected chi connectivity index (χ4v) is 4.23. The predicted molar refractivity (Wildman–Crippen MR) is 196 cm³/mol. The minimum Gasteiger partial charge on any atom is -0.376 e. The fraction of sp³-hybridized carbons (Fsp3) is 0.853. The van der Waals surface area contributed by atoms with Crippen molar-refractivity contribution in [2.24, 2.45) is 5.73 Å². The smallest absolute Gasteiger partial charge is 0.241 e. The summed E-state index contributed by atoms with van der Waals surface area (Å²) in [6.07, 6.45) is 1.14. The third-order valence-corrected chi connectivity index (χ3v) is 7.18. The number of hydrogen-bond acceptors (Lipinski definition) is 10. The Labute approximate surface area is 304 Å². The van der Waals surface area contributed by atoms with Gasteiger partial charge in [-0.05, 0) is 94.3 Å². The molecule has 0 aliphatic carbocycles. The van der Waals surface area contributed by atoms with Crippen LogP contribution >= 0.6 is 12.2 Å². The molecule has 1 atom stereocenters. The Morgan fingerprint density at radius 1 is 0.600 bits per heavy atom. The third-order valence-electron chi connectivity index (χ3n) is 6.83. The van der Waals surface area contributed by atoms with Gasteiger partial charge in [-0.1, -0.05) is 0 Å². The predicted octanol–water partition coefficient (Wildman–Crippen LogP) is 1.80. The van der Waals surface area contributed by atoms with Gasteiger partial charge in [-0.3, -0.25) is 19.2 Å². The zero-order chi connectivity index (χ0) is 38.7. The van der Waals surface area contributed by atoms with Crippen molar-refractivity contribution in [2.75, 3.05) is 59.8 Å². The lowest BCUT2D eigenvalue weighted by molar-refractivity contribution is -0.167. The van der Waals surface area contributed by atoms with E-state index in [9.17, 15) is 19.2 Å². The van der Waals surface area contributed by atoms with Gasteiger partial charge in [0.15, 0.2) is 10.8 Å². The molecule has 0 aromatic rings. The van der Waals surface area contributed by atoms with E-state index in [1.165, 1.54) is 0 Å². The second-order valence-corrected chi connectivity index (χ2v) is 15.8. The number of nitrogens with one attached hydrogen (secondary N) is 5. The van der Waals surface area contributed by atoms with E-state index in [-0.39, 0.29) is 87.0 Å². The molecule has 0 spiro atoms. The number of amides is 4. The third kappa shape index (κ3) is 26.2. The zero-order valence-corrected chi connectivity index (χ0v) is 33.2. The Bertz CT molecular complexity index is 1080. The van der Waals surface area contributed by atoms with Gasteiger partial charge in [-0.15, -0.1) is 0 Å². The van der Waals surface area contributed by atoms with Crippen LogP contribution in [0.2, 0.25) is 0 Å². The molecule has 0 heterocycles. The van der Waals surface area contributed by atoms with Crippen molar-refractivity contribution in [1.29, 1.82) is 0 Å². The van der Waals surface area contributed by atoms with E-state index >= 15 is 0 Å². The van der Waals surface area contributed by atoms with Crippen molar-refractivity contribution < 1.29 is 42.9 Å². The summed E-state index contributed by atoms with van der Waals surface area (Å²) in [7, 11) is 1.61. The van der Waals surface area contributed by atoms with Gasteiger partial charge in [-0.2, -0.15) is 0 Å². The van der Waals surface area contributed by atoms with Crippen LogP contribution in [0.25, 0.3) is 0 Å². The van der Waals surface area contributed by atoms with Crippen molar-refractivity contribution in [3.05, 3.63) is 0 Å². The van der Waals surface area contributed by atoms with E-state index in [2.05, 4.69) is 26.6 Å². The molecule has 15 nitrogen and oxygen atoms in total. The number of carbonyl (C=O) groups excluding carboxylic acids is 4. The van der Waals surface area contributed by atoms with Crippen LogP contribution in [-0.2, 0) is 42.9 Å². The Balaban J connectivity index is 5.62. The van der Waals surface area contributed by atoms with E-state index in [4.69, 9.17) is 41.6 Å². The summed E-state index contributed by atoms with van der Waals surface area (Å²) >= 11 is 5.07. The molecule has 0 bridgehead atoms. The molecular formula is C34H66N6O9S. The zero-order valence-electron chi connectivity index (χ0n) is 32.4. The van der Waals surface area contributed by atoms with Crippen LogP contribution in [0.5, 0.6) is 0 Å². The van der Waals surface area contributed by atoms with Crippen LogP contribution < -0.4 is 32.3 Å². The van der Waals surface area contributed by atoms with E-state index < -0.39 is 28.6 Å². The van der Waals surface area contributed by atoms with Gasteiger partial charge in [0, 0.05) is 44.2 Å². The Kier molecular flexibility index (Phi) is 21.2. The molecule has 0 aromatic carbocycles. The molecule has 0 aromatic heterocycles. The average Bonchev–Trinajstić information content (AvgIpc) is 2.94. The van der Waals surface area contributed by atoms with Crippen molar-refractivity contribution in [1.82, 2.24) is 26.6 Å². The van der Waals surface area contributed by atoms with Crippen LogP contribution in [0.1, 0.15) is 101 Å². The number of ether oxygens (including phenoxy) is 5. The highest BCUT2D eigenvalue weighted by Crippen LogP contribution is 2.16. The highest BCUT2D eigenvalue weighted by atomic mass is 32.1. The molecule has 0 radical (unpaired) electrons. The lowest BCUT2D eigenvalue weighted by atomic mass is 10.0. The summed E-state index contributed by atoms with van der Waals surface area (Å²) in [6, 6.07) is 0. The molecule has 0 saturated heterocycles. The van der Waals surface area contributed by atoms with Gasteiger partial charge in [0.05, 0.1) is 57.2 Å². The monoisotopic (exact) mass is 734 g/mol. The normalized spacial score (nSPS) is 13.6. The molecule has 1 unspecified atom stereocenters. The Morgan fingerprint density at radius 3 is 1.46 bits per heavy atom.